The molecule has 8 nitrogen and oxygen atoms in total. The average Bonchev–Trinajstić information content (AvgIpc) is 3.17. The first-order valence-corrected chi connectivity index (χ1v) is 12.7. The number of nitrogens with zero attached hydrogens (tertiary/aromatic N) is 3. The largest absolute Gasteiger partial charge is 0.491 e. The van der Waals surface area contributed by atoms with E-state index in [1.165, 1.54) is 36.7 Å². The number of imidazole rings is 1. The number of aromatic nitrogens is 4. The molecule has 180 valence electrons. The van der Waals surface area contributed by atoms with Crippen LogP contribution in [-0.2, 0) is 13.6 Å². The molecule has 3 aromatic rings. The van der Waals surface area contributed by atoms with Gasteiger partial charge in [-0.1, -0.05) is 75.4 Å². The van der Waals surface area contributed by atoms with Gasteiger partial charge in [-0.15, -0.1) is 0 Å². The molecule has 0 saturated carbocycles. The molecule has 1 aromatic carbocycles. The number of aliphatic hydroxyl groups excluding tert-OH is 1. The number of hydrogen-bond donors (Lipinski definition) is 2. The molecule has 0 aliphatic heterocycles. The summed E-state index contributed by atoms with van der Waals surface area (Å²) < 4.78 is 8.70. The highest BCUT2D eigenvalue weighted by Crippen LogP contribution is 2.23. The zero-order chi connectivity index (χ0) is 23.6. The van der Waals surface area contributed by atoms with Crippen LogP contribution in [0.15, 0.2) is 45.1 Å². The third-order valence-corrected chi connectivity index (χ3v) is 6.59. The molecule has 3 rings (SSSR count). The van der Waals surface area contributed by atoms with Gasteiger partial charge in [0.2, 0.25) is 0 Å². The molecule has 0 bridgehead atoms. The monoisotopic (exact) mass is 474 g/mol. The first-order valence-electron chi connectivity index (χ1n) is 11.7. The summed E-state index contributed by atoms with van der Waals surface area (Å²) >= 11 is 1.55. The summed E-state index contributed by atoms with van der Waals surface area (Å²) in [6.07, 6.45) is 7.68. The Kier molecular flexibility index (Phi) is 9.62. The number of para-hydroxylation sites is 1. The van der Waals surface area contributed by atoms with E-state index in [0.717, 1.165) is 18.6 Å². The number of nitrogens with one attached hydrogen (secondary N) is 1. The van der Waals surface area contributed by atoms with E-state index < -0.39 is 17.4 Å². The molecule has 0 saturated heterocycles. The standard InChI is InChI=1S/C24H34N4O4S/c1-3-4-5-6-7-8-12-15-33-24-25-21-20(22(30)26-23(31)27(21)2)28(24)16-18(29)17-32-19-13-10-9-11-14-19/h9-11,13-14,18,29H,3-8,12,15-17H2,1-2H3,(H,26,30,31)/t18-/m1/s1. The van der Waals surface area contributed by atoms with Crippen LogP contribution < -0.4 is 16.0 Å². The van der Waals surface area contributed by atoms with Crippen LogP contribution in [0.4, 0.5) is 0 Å². The Morgan fingerprint density at radius 2 is 1.79 bits per heavy atom. The second-order valence-corrected chi connectivity index (χ2v) is 9.31. The molecule has 0 spiro atoms. The topological polar surface area (TPSA) is 102 Å². The van der Waals surface area contributed by atoms with Crippen LogP contribution in [0.3, 0.4) is 0 Å². The lowest BCUT2D eigenvalue weighted by Crippen LogP contribution is -2.30. The van der Waals surface area contributed by atoms with Crippen LogP contribution in [-0.4, -0.2) is 42.7 Å². The van der Waals surface area contributed by atoms with Crippen molar-refractivity contribution in [2.24, 2.45) is 7.05 Å². The highest BCUT2D eigenvalue weighted by atomic mass is 32.2. The average molecular weight is 475 g/mol. The normalized spacial score (nSPS) is 12.3. The number of aliphatic hydroxyl groups is 1. The smallest absolute Gasteiger partial charge is 0.329 e. The number of fused-ring (bicyclic) bond motifs is 1. The van der Waals surface area contributed by atoms with E-state index >= 15 is 0 Å². The van der Waals surface area contributed by atoms with E-state index in [0.29, 0.717) is 16.6 Å². The van der Waals surface area contributed by atoms with Crippen LogP contribution in [0.5, 0.6) is 5.75 Å². The minimum absolute atomic E-state index is 0.0786. The number of unbranched alkanes of at least 4 members (excludes halogenated alkanes) is 6. The van der Waals surface area contributed by atoms with Gasteiger partial charge in [-0.3, -0.25) is 14.3 Å². The second-order valence-electron chi connectivity index (χ2n) is 8.24. The van der Waals surface area contributed by atoms with Crippen molar-refractivity contribution < 1.29 is 9.84 Å². The van der Waals surface area contributed by atoms with E-state index in [2.05, 4.69) is 16.9 Å². The summed E-state index contributed by atoms with van der Waals surface area (Å²) in [6, 6.07) is 9.27. The fourth-order valence-corrected chi connectivity index (χ4v) is 4.69. The Morgan fingerprint density at radius 3 is 2.52 bits per heavy atom. The van der Waals surface area contributed by atoms with Crippen molar-refractivity contribution in [1.82, 2.24) is 19.1 Å². The van der Waals surface area contributed by atoms with Gasteiger partial charge in [0.15, 0.2) is 16.3 Å². The summed E-state index contributed by atoms with van der Waals surface area (Å²) in [5, 5.41) is 11.3. The maximum Gasteiger partial charge on any atom is 0.329 e. The van der Waals surface area contributed by atoms with Gasteiger partial charge in [0.05, 0.1) is 6.54 Å². The molecule has 0 radical (unpaired) electrons. The maximum absolute atomic E-state index is 12.6. The van der Waals surface area contributed by atoms with Crippen molar-refractivity contribution in [2.75, 3.05) is 12.4 Å². The third kappa shape index (κ3) is 6.98. The Morgan fingerprint density at radius 1 is 1.09 bits per heavy atom. The van der Waals surface area contributed by atoms with Gasteiger partial charge in [0.25, 0.3) is 5.56 Å². The number of benzene rings is 1. The molecule has 33 heavy (non-hydrogen) atoms. The number of ether oxygens (including phenoxy) is 1. The lowest BCUT2D eigenvalue weighted by molar-refractivity contribution is 0.0914. The van der Waals surface area contributed by atoms with Gasteiger partial charge in [-0.05, 0) is 18.6 Å². The number of aryl methyl sites for hydroxylation is 1. The van der Waals surface area contributed by atoms with Crippen LogP contribution in [0.25, 0.3) is 11.2 Å². The predicted molar refractivity (Wildman–Crippen MR) is 132 cm³/mol. The molecule has 0 fully saturated rings. The SMILES string of the molecule is CCCCCCCCCSc1nc2c(c(=O)[nH]c(=O)n2C)n1C[C@@H](O)COc1ccccc1. The minimum atomic E-state index is -0.850. The Labute approximate surface area is 198 Å². The lowest BCUT2D eigenvalue weighted by Gasteiger charge is -2.15. The summed E-state index contributed by atoms with van der Waals surface area (Å²) in [7, 11) is 1.58. The van der Waals surface area contributed by atoms with E-state index in [-0.39, 0.29) is 18.7 Å². The maximum atomic E-state index is 12.6. The van der Waals surface area contributed by atoms with Gasteiger partial charge >= 0.3 is 5.69 Å². The first kappa shape index (κ1) is 25.1. The predicted octanol–water partition coefficient (Wildman–Crippen LogP) is 3.71. The highest BCUT2D eigenvalue weighted by molar-refractivity contribution is 7.99. The quantitative estimate of drug-likeness (QED) is 0.273. The van der Waals surface area contributed by atoms with Crippen LogP contribution in [0.2, 0.25) is 0 Å². The lowest BCUT2D eigenvalue weighted by atomic mass is 10.1. The number of aromatic amines is 1. The summed E-state index contributed by atoms with van der Waals surface area (Å²) in [6.45, 7) is 2.44. The first-order chi connectivity index (χ1) is 16.0. The molecule has 0 unspecified atom stereocenters. The zero-order valence-electron chi connectivity index (χ0n) is 19.5. The molecule has 0 aliphatic carbocycles. The molecule has 2 aromatic heterocycles. The Hall–Kier alpha value is -2.52. The van der Waals surface area contributed by atoms with E-state index in [1.54, 1.807) is 23.4 Å². The van der Waals surface area contributed by atoms with Crippen molar-refractivity contribution in [1.29, 1.82) is 0 Å². The van der Waals surface area contributed by atoms with Crippen molar-refractivity contribution >= 4 is 22.9 Å². The van der Waals surface area contributed by atoms with Gasteiger partial charge in [-0.2, -0.15) is 0 Å². The van der Waals surface area contributed by atoms with Gasteiger partial charge in [0.1, 0.15) is 18.5 Å². The van der Waals surface area contributed by atoms with Crippen LogP contribution in [0, 0.1) is 0 Å². The Bertz CT molecular complexity index is 1120. The van der Waals surface area contributed by atoms with Crippen molar-refractivity contribution in [3.8, 4) is 5.75 Å². The molecule has 0 aliphatic rings. The number of hydrogen-bond acceptors (Lipinski definition) is 6. The van der Waals surface area contributed by atoms with E-state index in [9.17, 15) is 14.7 Å². The number of H-pyrrole nitrogens is 1. The minimum Gasteiger partial charge on any atom is -0.491 e. The fraction of sp³-hybridized carbons (Fsp3) is 0.542. The molecular weight excluding hydrogens is 440 g/mol. The fourth-order valence-electron chi connectivity index (χ4n) is 3.69. The highest BCUT2D eigenvalue weighted by Gasteiger charge is 2.20. The molecule has 9 heteroatoms. The van der Waals surface area contributed by atoms with Crippen molar-refractivity contribution in [3.63, 3.8) is 0 Å². The van der Waals surface area contributed by atoms with E-state index in [4.69, 9.17) is 4.74 Å². The van der Waals surface area contributed by atoms with Crippen LogP contribution >= 0.6 is 11.8 Å². The Balaban J connectivity index is 1.70. The summed E-state index contributed by atoms with van der Waals surface area (Å²) in [5.74, 6) is 1.53. The van der Waals surface area contributed by atoms with Gasteiger partial charge in [0, 0.05) is 12.8 Å². The van der Waals surface area contributed by atoms with Crippen LogP contribution in [0.1, 0.15) is 51.9 Å². The third-order valence-electron chi connectivity index (χ3n) is 5.53. The second kappa shape index (κ2) is 12.6. The van der Waals surface area contributed by atoms with Gasteiger partial charge < -0.3 is 14.4 Å². The summed E-state index contributed by atoms with van der Waals surface area (Å²) in [4.78, 5) is 31.6. The van der Waals surface area contributed by atoms with E-state index in [1.807, 2.05) is 30.3 Å². The number of rotatable bonds is 14. The molecular formula is C24H34N4O4S. The molecule has 2 N–H and O–H groups in total. The van der Waals surface area contributed by atoms with Gasteiger partial charge in [-0.25, -0.2) is 9.78 Å². The molecule has 1 atom stereocenters. The summed E-state index contributed by atoms with van der Waals surface area (Å²) in [5.41, 5.74) is -0.395. The number of thioether (sulfide) groups is 1. The molecule has 0 amide bonds. The zero-order valence-corrected chi connectivity index (χ0v) is 20.3. The van der Waals surface area contributed by atoms with Crippen molar-refractivity contribution in [2.45, 2.75) is 69.7 Å². The van der Waals surface area contributed by atoms with Crippen molar-refractivity contribution in [3.05, 3.63) is 51.2 Å². The molecule has 2 heterocycles.